The average molecular weight is 751 g/mol. The molecule has 0 saturated carbocycles. The van der Waals surface area contributed by atoms with Crippen LogP contribution in [0.1, 0.15) is 32.2 Å². The maximum absolute atomic E-state index is 13.4. The van der Waals surface area contributed by atoms with Crippen LogP contribution >= 0.6 is 0 Å². The lowest BCUT2D eigenvalue weighted by atomic mass is 10.0. The second kappa shape index (κ2) is 15.8. The fraction of sp³-hybridized carbons (Fsp3) is 0.190. The zero-order valence-electron chi connectivity index (χ0n) is 30.8. The van der Waals surface area contributed by atoms with E-state index < -0.39 is 5.60 Å². The lowest BCUT2D eigenvalue weighted by Crippen LogP contribution is -2.26. The first-order valence-corrected chi connectivity index (χ1v) is 17.7. The van der Waals surface area contributed by atoms with Crippen LogP contribution in [0.5, 0.6) is 0 Å². The number of nitrogens with zero attached hydrogens (tertiary/aromatic N) is 10. The van der Waals surface area contributed by atoms with Crippen LogP contribution in [-0.4, -0.2) is 61.8 Å². The Morgan fingerprint density at radius 2 is 1.11 bits per heavy atom. The van der Waals surface area contributed by atoms with Crippen LogP contribution in [0, 0.1) is 34.3 Å². The minimum Gasteiger partial charge on any atom is -0.389 e. The maximum atomic E-state index is 13.4. The van der Waals surface area contributed by atoms with E-state index in [-0.39, 0.29) is 11.6 Å². The van der Waals surface area contributed by atoms with E-state index in [2.05, 4.69) is 32.1 Å². The van der Waals surface area contributed by atoms with Gasteiger partial charge in [0.15, 0.2) is 0 Å². The molecule has 0 unspecified atom stereocenters. The zero-order valence-corrected chi connectivity index (χ0v) is 30.8. The fourth-order valence-electron chi connectivity index (χ4n) is 6.43. The molecule has 56 heavy (non-hydrogen) atoms. The van der Waals surface area contributed by atoms with Gasteiger partial charge in [0.2, 0.25) is 0 Å². The maximum Gasteiger partial charge on any atom is 0.144 e. The zero-order chi connectivity index (χ0) is 39.4. The second-order valence-corrected chi connectivity index (χ2v) is 13.5. The molecule has 0 fully saturated rings. The highest BCUT2D eigenvalue weighted by Gasteiger charge is 2.22. The Morgan fingerprint density at radius 3 is 1.55 bits per heavy atom. The number of hydrogen-bond donors (Lipinski definition) is 1. The molecule has 0 amide bonds. The van der Waals surface area contributed by atoms with Gasteiger partial charge < -0.3 is 19.0 Å². The topological polar surface area (TPSA) is 147 Å². The molecule has 0 atom stereocenters. The summed E-state index contributed by atoms with van der Waals surface area (Å²) in [7, 11) is 0. The van der Waals surface area contributed by atoms with Gasteiger partial charge in [-0.2, -0.15) is 10.5 Å². The van der Waals surface area contributed by atoms with Gasteiger partial charge in [0.1, 0.15) is 46.5 Å². The molecule has 2 aromatic carbocycles. The lowest BCUT2D eigenvalue weighted by Gasteiger charge is -2.20. The smallest absolute Gasteiger partial charge is 0.144 e. The van der Waals surface area contributed by atoms with Crippen molar-refractivity contribution in [3.05, 3.63) is 133 Å². The van der Waals surface area contributed by atoms with E-state index in [9.17, 15) is 24.4 Å². The second-order valence-electron chi connectivity index (χ2n) is 13.5. The van der Waals surface area contributed by atoms with E-state index in [0.29, 0.717) is 54.7 Å². The van der Waals surface area contributed by atoms with Crippen LogP contribution in [0.2, 0.25) is 0 Å². The molecule has 6 aromatic heterocycles. The molecule has 0 aliphatic carbocycles. The normalized spacial score (nSPS) is 11.4. The summed E-state index contributed by atoms with van der Waals surface area (Å²) in [6.45, 7) is 7.55. The molecule has 0 radical (unpaired) electrons. The van der Waals surface area contributed by atoms with Crippen LogP contribution in [0.25, 0.3) is 56.3 Å². The number of fused-ring (bicyclic) bond motifs is 2. The number of rotatable bonds is 10. The SMILES string of the molecule is CC(C)(O)Cn1cnc(-c2ccc(F)cc2)c1-c1ccc2ncc(C#N)n2c1.CCOCCn1cnc(-c2ccc(F)cc2)c1-c1ccc2ncc(C#N)n2c1. The molecular formula is C42H36F2N10O2. The first kappa shape index (κ1) is 37.3. The van der Waals surface area contributed by atoms with Gasteiger partial charge >= 0.3 is 0 Å². The van der Waals surface area contributed by atoms with E-state index >= 15 is 0 Å². The molecule has 1 N–H and O–H groups in total. The van der Waals surface area contributed by atoms with E-state index in [1.54, 1.807) is 65.8 Å². The Kier molecular flexibility index (Phi) is 10.5. The van der Waals surface area contributed by atoms with Crippen molar-refractivity contribution in [1.29, 1.82) is 10.5 Å². The van der Waals surface area contributed by atoms with Crippen LogP contribution in [0.3, 0.4) is 0 Å². The van der Waals surface area contributed by atoms with Crippen molar-refractivity contribution in [2.45, 2.75) is 39.5 Å². The number of hydrogen-bond acceptors (Lipinski definition) is 8. The first-order chi connectivity index (χ1) is 27.1. The van der Waals surface area contributed by atoms with E-state index in [1.807, 2.05) is 52.7 Å². The third-order valence-corrected chi connectivity index (χ3v) is 8.94. The third kappa shape index (κ3) is 7.79. The molecule has 0 spiro atoms. The number of nitriles is 2. The summed E-state index contributed by atoms with van der Waals surface area (Å²) in [5.41, 5.74) is 7.63. The fourth-order valence-corrected chi connectivity index (χ4v) is 6.43. The van der Waals surface area contributed by atoms with Crippen molar-refractivity contribution in [3.8, 4) is 57.2 Å². The highest BCUT2D eigenvalue weighted by molar-refractivity contribution is 5.80. The van der Waals surface area contributed by atoms with Crippen molar-refractivity contribution in [2.24, 2.45) is 0 Å². The lowest BCUT2D eigenvalue weighted by molar-refractivity contribution is 0.0619. The van der Waals surface area contributed by atoms with Crippen LogP contribution in [0.4, 0.5) is 8.78 Å². The summed E-state index contributed by atoms with van der Waals surface area (Å²) in [4.78, 5) is 17.6. The minimum atomic E-state index is -0.952. The van der Waals surface area contributed by atoms with Gasteiger partial charge in [-0.05, 0) is 93.6 Å². The Bertz CT molecular complexity index is 2720. The Hall–Kier alpha value is -7.00. The number of aliphatic hydroxyl groups is 1. The summed E-state index contributed by atoms with van der Waals surface area (Å²) in [6.07, 6.45) is 10.2. The molecule has 280 valence electrons. The Balaban J connectivity index is 0.000000172. The number of benzene rings is 2. The van der Waals surface area contributed by atoms with E-state index in [0.717, 1.165) is 39.3 Å². The van der Waals surface area contributed by atoms with Gasteiger partial charge in [-0.15, -0.1) is 0 Å². The van der Waals surface area contributed by atoms with Gasteiger partial charge in [0.05, 0.1) is 66.6 Å². The first-order valence-electron chi connectivity index (χ1n) is 17.7. The molecule has 14 heteroatoms. The largest absolute Gasteiger partial charge is 0.389 e. The number of imidazole rings is 4. The summed E-state index contributed by atoms with van der Waals surface area (Å²) < 4.78 is 39.6. The number of aromatic nitrogens is 8. The molecular weight excluding hydrogens is 715 g/mol. The van der Waals surface area contributed by atoms with Crippen molar-refractivity contribution >= 4 is 11.3 Å². The monoisotopic (exact) mass is 750 g/mol. The summed E-state index contributed by atoms with van der Waals surface area (Å²) >= 11 is 0. The molecule has 0 aliphatic rings. The molecule has 0 bridgehead atoms. The van der Waals surface area contributed by atoms with Crippen molar-refractivity contribution in [1.82, 2.24) is 37.9 Å². The van der Waals surface area contributed by atoms with Gasteiger partial charge in [0, 0.05) is 47.8 Å². The third-order valence-electron chi connectivity index (χ3n) is 8.94. The highest BCUT2D eigenvalue weighted by Crippen LogP contribution is 2.34. The number of pyridine rings is 2. The van der Waals surface area contributed by atoms with Gasteiger partial charge in [0.25, 0.3) is 0 Å². The van der Waals surface area contributed by atoms with Crippen LogP contribution < -0.4 is 0 Å². The number of halogens is 2. The molecule has 8 aromatic rings. The molecule has 8 rings (SSSR count). The summed E-state index contributed by atoms with van der Waals surface area (Å²) in [5.74, 6) is -0.612. The molecule has 0 saturated heterocycles. The molecule has 12 nitrogen and oxygen atoms in total. The summed E-state index contributed by atoms with van der Waals surface area (Å²) in [5, 5.41) is 29.0. The van der Waals surface area contributed by atoms with Crippen molar-refractivity contribution in [3.63, 3.8) is 0 Å². The van der Waals surface area contributed by atoms with E-state index in [1.165, 1.54) is 30.5 Å². The van der Waals surface area contributed by atoms with Gasteiger partial charge in [-0.25, -0.2) is 28.7 Å². The van der Waals surface area contributed by atoms with Crippen molar-refractivity contribution < 1.29 is 18.6 Å². The highest BCUT2D eigenvalue weighted by atomic mass is 19.1. The summed E-state index contributed by atoms with van der Waals surface area (Å²) in [6, 6.07) is 24.2. The Labute approximate surface area is 320 Å². The molecule has 0 aliphatic heterocycles. The predicted octanol–water partition coefficient (Wildman–Crippen LogP) is 7.56. The van der Waals surface area contributed by atoms with E-state index in [4.69, 9.17) is 4.74 Å². The number of ether oxygens (including phenoxy) is 1. The van der Waals surface area contributed by atoms with Gasteiger partial charge in [-0.1, -0.05) is 0 Å². The van der Waals surface area contributed by atoms with Crippen molar-refractivity contribution in [2.75, 3.05) is 13.2 Å². The minimum absolute atomic E-state index is 0.292. The van der Waals surface area contributed by atoms with Gasteiger partial charge in [-0.3, -0.25) is 8.80 Å². The Morgan fingerprint density at radius 1 is 0.661 bits per heavy atom. The standard InChI is InChI=1S/2C21H18FN5O/c1-21(2,28)12-26-13-25-19(14-3-6-16(22)7-4-14)20(26)15-5-8-18-24-10-17(9-23)27(18)11-15;1-2-28-10-9-26-14-25-20(15-3-6-17(22)7-4-15)21(26)16-5-8-19-24-12-18(11-23)27(19)13-16/h3-8,10-11,13,28H,12H2,1-2H3;3-8,12-14H,2,9-10H2,1H3. The quantitative estimate of drug-likeness (QED) is 0.141. The predicted molar refractivity (Wildman–Crippen MR) is 206 cm³/mol. The average Bonchev–Trinajstić information content (AvgIpc) is 3.99. The van der Waals surface area contributed by atoms with Crippen LogP contribution in [-0.2, 0) is 17.8 Å². The molecule has 6 heterocycles. The van der Waals surface area contributed by atoms with Crippen LogP contribution in [0.15, 0.2) is 110 Å².